The van der Waals surface area contributed by atoms with Crippen molar-refractivity contribution < 1.29 is 9.47 Å². The Morgan fingerprint density at radius 1 is 0.769 bits per heavy atom. The van der Waals surface area contributed by atoms with Crippen molar-refractivity contribution in [1.29, 1.82) is 0 Å². The standard InChI is InChI=1S/C24H24O2/c1-25-19-26-24-17-15-23(16-18-24)14-13-22-11-9-21(10-12-22)8-7-20-5-3-2-4-6-20/h3,5-18H,2,4,19H2,1H3/b8-7+,14-13+. The lowest BCUT2D eigenvalue weighted by Gasteiger charge is -2.04. The van der Waals surface area contributed by atoms with E-state index in [4.69, 9.17) is 9.47 Å². The van der Waals surface area contributed by atoms with Crippen LogP contribution in [0.3, 0.4) is 0 Å². The maximum Gasteiger partial charge on any atom is 0.188 e. The minimum absolute atomic E-state index is 0.267. The van der Waals surface area contributed by atoms with Gasteiger partial charge in [-0.05, 0) is 47.2 Å². The molecule has 0 aliphatic heterocycles. The highest BCUT2D eigenvalue weighted by atomic mass is 16.7. The van der Waals surface area contributed by atoms with Gasteiger partial charge < -0.3 is 9.47 Å². The SMILES string of the molecule is COCOc1ccc(/C=C/c2ccc(/C=C/C3=CCCC=C3)cc2)cc1. The summed E-state index contributed by atoms with van der Waals surface area (Å²) >= 11 is 0. The molecule has 0 atom stereocenters. The van der Waals surface area contributed by atoms with Gasteiger partial charge in [0.1, 0.15) is 5.75 Å². The second kappa shape index (κ2) is 9.59. The van der Waals surface area contributed by atoms with E-state index in [-0.39, 0.29) is 6.79 Å². The van der Waals surface area contributed by atoms with Crippen molar-refractivity contribution in [2.75, 3.05) is 13.9 Å². The Morgan fingerprint density at radius 3 is 1.88 bits per heavy atom. The van der Waals surface area contributed by atoms with Gasteiger partial charge in [-0.1, -0.05) is 78.9 Å². The minimum atomic E-state index is 0.267. The Bertz CT molecular complexity index is 806. The molecule has 0 unspecified atom stereocenters. The van der Waals surface area contributed by atoms with Crippen molar-refractivity contribution in [2.45, 2.75) is 12.8 Å². The molecule has 0 N–H and O–H groups in total. The van der Waals surface area contributed by atoms with Crippen molar-refractivity contribution in [1.82, 2.24) is 0 Å². The van der Waals surface area contributed by atoms with E-state index < -0.39 is 0 Å². The molecule has 2 heteroatoms. The molecule has 0 bridgehead atoms. The fourth-order valence-corrected chi connectivity index (χ4v) is 2.66. The van der Waals surface area contributed by atoms with E-state index in [1.807, 2.05) is 24.3 Å². The average molecular weight is 344 g/mol. The summed E-state index contributed by atoms with van der Waals surface area (Å²) in [6.07, 6.45) is 17.5. The summed E-state index contributed by atoms with van der Waals surface area (Å²) in [6.45, 7) is 0.267. The molecule has 0 amide bonds. The van der Waals surface area contributed by atoms with Crippen LogP contribution in [0.1, 0.15) is 29.5 Å². The zero-order chi connectivity index (χ0) is 18.0. The Morgan fingerprint density at radius 2 is 1.35 bits per heavy atom. The maximum absolute atomic E-state index is 5.39. The molecule has 3 rings (SSSR count). The number of rotatable bonds is 7. The number of hydrogen-bond acceptors (Lipinski definition) is 2. The number of hydrogen-bond donors (Lipinski definition) is 0. The predicted molar refractivity (Wildman–Crippen MR) is 110 cm³/mol. The molecule has 1 aliphatic rings. The second-order valence-electron chi connectivity index (χ2n) is 6.14. The van der Waals surface area contributed by atoms with Crippen LogP contribution in [0.4, 0.5) is 0 Å². The van der Waals surface area contributed by atoms with Gasteiger partial charge in [0.2, 0.25) is 0 Å². The largest absolute Gasteiger partial charge is 0.468 e. The first-order valence-electron chi connectivity index (χ1n) is 8.88. The summed E-state index contributed by atoms with van der Waals surface area (Å²) in [5.74, 6) is 0.808. The van der Waals surface area contributed by atoms with E-state index in [2.05, 4.69) is 66.8 Å². The highest BCUT2D eigenvalue weighted by Crippen LogP contribution is 2.16. The molecular weight excluding hydrogens is 320 g/mol. The van der Waals surface area contributed by atoms with Gasteiger partial charge in [0.05, 0.1) is 0 Å². The molecule has 1 aliphatic carbocycles. The van der Waals surface area contributed by atoms with Crippen LogP contribution in [0.5, 0.6) is 5.75 Å². The zero-order valence-electron chi connectivity index (χ0n) is 15.1. The van der Waals surface area contributed by atoms with Gasteiger partial charge in [-0.15, -0.1) is 0 Å². The highest BCUT2D eigenvalue weighted by molar-refractivity contribution is 5.70. The van der Waals surface area contributed by atoms with Crippen LogP contribution in [0.25, 0.3) is 18.2 Å². The van der Waals surface area contributed by atoms with Crippen molar-refractivity contribution >= 4 is 18.2 Å². The Labute approximate surface area is 155 Å². The summed E-state index contributed by atoms with van der Waals surface area (Å²) in [5, 5.41) is 0. The van der Waals surface area contributed by atoms with E-state index in [9.17, 15) is 0 Å². The number of allylic oxidation sites excluding steroid dienone is 5. The molecular formula is C24H24O2. The highest BCUT2D eigenvalue weighted by Gasteiger charge is 1.95. The van der Waals surface area contributed by atoms with Crippen LogP contribution >= 0.6 is 0 Å². The Kier molecular flexibility index (Phi) is 6.63. The van der Waals surface area contributed by atoms with Crippen molar-refractivity contribution in [2.24, 2.45) is 0 Å². The van der Waals surface area contributed by atoms with Gasteiger partial charge >= 0.3 is 0 Å². The predicted octanol–water partition coefficient (Wildman–Crippen LogP) is 6.13. The lowest BCUT2D eigenvalue weighted by Crippen LogP contribution is -1.98. The van der Waals surface area contributed by atoms with Crippen LogP contribution in [0, 0.1) is 0 Å². The van der Waals surface area contributed by atoms with E-state index in [0.717, 1.165) is 24.2 Å². The van der Waals surface area contributed by atoms with Crippen molar-refractivity contribution in [3.05, 3.63) is 95.1 Å². The summed E-state index contributed by atoms with van der Waals surface area (Å²) in [6, 6.07) is 16.5. The maximum atomic E-state index is 5.39. The molecule has 0 saturated carbocycles. The zero-order valence-corrected chi connectivity index (χ0v) is 15.1. The second-order valence-corrected chi connectivity index (χ2v) is 6.14. The summed E-state index contributed by atoms with van der Waals surface area (Å²) in [7, 11) is 1.61. The van der Waals surface area contributed by atoms with Gasteiger partial charge in [0.15, 0.2) is 6.79 Å². The molecule has 132 valence electrons. The lowest BCUT2D eigenvalue weighted by molar-refractivity contribution is 0.0511. The molecule has 26 heavy (non-hydrogen) atoms. The fourth-order valence-electron chi connectivity index (χ4n) is 2.66. The van der Waals surface area contributed by atoms with E-state index in [1.165, 1.54) is 16.7 Å². The Balaban J connectivity index is 1.58. The van der Waals surface area contributed by atoms with Crippen molar-refractivity contribution in [3.63, 3.8) is 0 Å². The minimum Gasteiger partial charge on any atom is -0.468 e. The topological polar surface area (TPSA) is 18.5 Å². The summed E-state index contributed by atoms with van der Waals surface area (Å²) in [4.78, 5) is 0. The number of ether oxygens (including phenoxy) is 2. The van der Waals surface area contributed by atoms with E-state index >= 15 is 0 Å². The monoisotopic (exact) mass is 344 g/mol. The third-order valence-electron chi connectivity index (χ3n) is 4.12. The van der Waals surface area contributed by atoms with Gasteiger partial charge in [-0.25, -0.2) is 0 Å². The van der Waals surface area contributed by atoms with Crippen LogP contribution < -0.4 is 4.74 Å². The van der Waals surface area contributed by atoms with Crippen LogP contribution in [0.15, 0.2) is 78.4 Å². The average Bonchev–Trinajstić information content (AvgIpc) is 2.71. The molecule has 0 fully saturated rings. The fraction of sp³-hybridized carbons (Fsp3) is 0.167. The van der Waals surface area contributed by atoms with Gasteiger partial charge in [0.25, 0.3) is 0 Å². The van der Waals surface area contributed by atoms with Crippen LogP contribution in [-0.2, 0) is 4.74 Å². The molecule has 0 saturated heterocycles. The summed E-state index contributed by atoms with van der Waals surface area (Å²) < 4.78 is 10.3. The first kappa shape index (κ1) is 18.0. The quantitative estimate of drug-likeness (QED) is 0.444. The Hall–Kier alpha value is -2.84. The number of benzene rings is 2. The third kappa shape index (κ3) is 5.61. The third-order valence-corrected chi connectivity index (χ3v) is 4.12. The van der Waals surface area contributed by atoms with E-state index in [1.54, 1.807) is 7.11 Å². The molecule has 0 heterocycles. The first-order chi connectivity index (χ1) is 12.8. The molecule has 0 spiro atoms. The van der Waals surface area contributed by atoms with Crippen molar-refractivity contribution in [3.8, 4) is 5.75 Å². The van der Waals surface area contributed by atoms with Gasteiger partial charge in [-0.3, -0.25) is 0 Å². The first-order valence-corrected chi connectivity index (χ1v) is 8.88. The van der Waals surface area contributed by atoms with Gasteiger partial charge in [-0.2, -0.15) is 0 Å². The smallest absolute Gasteiger partial charge is 0.188 e. The van der Waals surface area contributed by atoms with Gasteiger partial charge in [0, 0.05) is 7.11 Å². The van der Waals surface area contributed by atoms with Crippen LogP contribution in [-0.4, -0.2) is 13.9 Å². The van der Waals surface area contributed by atoms with Crippen LogP contribution in [0.2, 0.25) is 0 Å². The molecule has 0 radical (unpaired) electrons. The number of methoxy groups -OCH3 is 1. The normalized spacial score (nSPS) is 14.1. The summed E-state index contributed by atoms with van der Waals surface area (Å²) in [5.41, 5.74) is 4.81. The van der Waals surface area contributed by atoms with E-state index in [0.29, 0.717) is 0 Å². The molecule has 0 aromatic heterocycles. The molecule has 2 nitrogen and oxygen atoms in total. The molecule has 2 aromatic carbocycles. The molecule has 2 aromatic rings. The lowest BCUT2D eigenvalue weighted by atomic mass is 10.0.